The number of rotatable bonds is 5. The van der Waals surface area contributed by atoms with E-state index in [1.165, 1.54) is 25.7 Å². The quantitative estimate of drug-likeness (QED) is 0.415. The lowest BCUT2D eigenvalue weighted by Gasteiger charge is -2.40. The van der Waals surface area contributed by atoms with Gasteiger partial charge in [0.25, 0.3) is 0 Å². The number of halogens is 1. The molecule has 4 heterocycles. The zero-order valence-electron chi connectivity index (χ0n) is 23.0. The maximum atomic E-state index is 11.8. The van der Waals surface area contributed by atoms with E-state index in [-0.39, 0.29) is 12.1 Å². The third-order valence-electron chi connectivity index (χ3n) is 9.32. The lowest BCUT2D eigenvalue weighted by molar-refractivity contribution is 0.0245. The SMILES string of the molecule is CC1CCC(C(C)n2c(N3CCOC4CCCC43)nc3nc(C4NOC(=O)N4)nc(-c4cccc(Cl)c4)c32)CC1. The smallest absolute Gasteiger partial charge is 0.374 e. The van der Waals surface area contributed by atoms with Crippen LogP contribution < -0.4 is 15.7 Å². The first-order chi connectivity index (χ1) is 19.5. The van der Waals surface area contributed by atoms with Crippen molar-refractivity contribution >= 4 is 34.8 Å². The minimum atomic E-state index is -0.678. The van der Waals surface area contributed by atoms with Crippen molar-refractivity contribution in [2.45, 2.75) is 83.1 Å². The molecular formula is C29H36ClN7O3. The third kappa shape index (κ3) is 4.59. The Bertz CT molecular complexity index is 1420. The second kappa shape index (κ2) is 10.5. The molecule has 2 aliphatic heterocycles. The van der Waals surface area contributed by atoms with Gasteiger partial charge in [-0.15, -0.1) is 5.48 Å². The summed E-state index contributed by atoms with van der Waals surface area (Å²) in [5, 5.41) is 3.36. The molecule has 40 heavy (non-hydrogen) atoms. The number of anilines is 1. The largest absolute Gasteiger partial charge is 0.427 e. The molecule has 4 aliphatic rings. The van der Waals surface area contributed by atoms with Crippen LogP contribution in [0, 0.1) is 11.8 Å². The van der Waals surface area contributed by atoms with Crippen molar-refractivity contribution in [3.05, 3.63) is 35.1 Å². The summed E-state index contributed by atoms with van der Waals surface area (Å²) in [5.41, 5.74) is 5.83. The Hall–Kier alpha value is -2.95. The molecule has 10 nitrogen and oxygen atoms in total. The van der Waals surface area contributed by atoms with E-state index in [2.05, 4.69) is 34.1 Å². The van der Waals surface area contributed by atoms with E-state index < -0.39 is 12.3 Å². The molecule has 4 fully saturated rings. The number of carbonyl (C=O) groups excluding carboxylic acids is 1. The van der Waals surface area contributed by atoms with Crippen LogP contribution in [-0.4, -0.2) is 50.9 Å². The second-order valence-corrected chi connectivity index (χ2v) is 12.3. The van der Waals surface area contributed by atoms with E-state index in [0.717, 1.165) is 54.4 Å². The fourth-order valence-electron chi connectivity index (χ4n) is 7.12. The minimum Gasteiger partial charge on any atom is -0.374 e. The number of fused-ring (bicyclic) bond motifs is 2. The first-order valence-corrected chi connectivity index (χ1v) is 15.0. The van der Waals surface area contributed by atoms with Crippen molar-refractivity contribution in [3.8, 4) is 11.3 Å². The molecule has 212 valence electrons. The van der Waals surface area contributed by atoms with Gasteiger partial charge in [0.2, 0.25) is 5.95 Å². The molecular weight excluding hydrogens is 530 g/mol. The van der Waals surface area contributed by atoms with Crippen LogP contribution in [0.5, 0.6) is 0 Å². The Balaban J connectivity index is 1.44. The van der Waals surface area contributed by atoms with Crippen LogP contribution >= 0.6 is 11.6 Å². The number of aromatic nitrogens is 4. The molecule has 2 saturated carbocycles. The number of imidazole rings is 1. The third-order valence-corrected chi connectivity index (χ3v) is 9.56. The standard InChI is InChI=1S/C29H36ClN7O3/c1-16-9-11-18(12-10-16)17(2)37-24-23(19-5-3-6-20(30)15-19)31-26(27-34-29(38)40-35-27)32-25(24)33-28(37)36-13-14-39-22-8-4-7-21(22)36/h3,5-6,15-18,21-22,27,35H,4,7-14H2,1-2H3,(H,34,38). The zero-order chi connectivity index (χ0) is 27.4. The summed E-state index contributed by atoms with van der Waals surface area (Å²) in [6.07, 6.45) is 7.20. The molecule has 2 aliphatic carbocycles. The predicted octanol–water partition coefficient (Wildman–Crippen LogP) is 5.53. The van der Waals surface area contributed by atoms with Gasteiger partial charge in [-0.2, -0.15) is 4.98 Å². The Morgan fingerprint density at radius 2 is 1.95 bits per heavy atom. The summed E-state index contributed by atoms with van der Waals surface area (Å²) in [6.45, 7) is 6.17. The highest BCUT2D eigenvalue weighted by Crippen LogP contribution is 2.43. The van der Waals surface area contributed by atoms with Crippen LogP contribution in [0.15, 0.2) is 24.3 Å². The molecule has 2 saturated heterocycles. The predicted molar refractivity (Wildman–Crippen MR) is 152 cm³/mol. The zero-order valence-corrected chi connectivity index (χ0v) is 23.7. The second-order valence-electron chi connectivity index (χ2n) is 11.8. The Labute approximate surface area is 238 Å². The van der Waals surface area contributed by atoms with Gasteiger partial charge in [-0.25, -0.2) is 14.8 Å². The molecule has 0 radical (unpaired) electrons. The van der Waals surface area contributed by atoms with Gasteiger partial charge in [0.1, 0.15) is 11.2 Å². The van der Waals surface area contributed by atoms with Gasteiger partial charge in [-0.1, -0.05) is 43.5 Å². The van der Waals surface area contributed by atoms with E-state index >= 15 is 0 Å². The summed E-state index contributed by atoms with van der Waals surface area (Å²) in [4.78, 5) is 34.4. The van der Waals surface area contributed by atoms with Crippen molar-refractivity contribution in [2.75, 3.05) is 18.1 Å². The first kappa shape index (κ1) is 26.0. The summed E-state index contributed by atoms with van der Waals surface area (Å²) in [6, 6.07) is 8.24. The molecule has 1 amide bonds. The van der Waals surface area contributed by atoms with Crippen molar-refractivity contribution in [3.63, 3.8) is 0 Å². The fourth-order valence-corrected chi connectivity index (χ4v) is 7.31. The fraction of sp³-hybridized carbons (Fsp3) is 0.586. The van der Waals surface area contributed by atoms with Crippen LogP contribution in [0.1, 0.15) is 76.8 Å². The molecule has 4 atom stereocenters. The molecule has 7 rings (SSSR count). The molecule has 2 N–H and O–H groups in total. The number of amides is 1. The normalized spacial score (nSPS) is 29.3. The topological polar surface area (TPSA) is 106 Å². The highest BCUT2D eigenvalue weighted by Gasteiger charge is 2.40. The van der Waals surface area contributed by atoms with Crippen LogP contribution in [0.2, 0.25) is 5.02 Å². The average Bonchev–Trinajstić information content (AvgIpc) is 3.70. The number of morpholine rings is 1. The number of carbonyl (C=O) groups is 1. The van der Waals surface area contributed by atoms with Gasteiger partial charge in [-0.05, 0) is 63.0 Å². The number of hydroxylamine groups is 1. The lowest BCUT2D eigenvalue weighted by atomic mass is 9.79. The van der Waals surface area contributed by atoms with Gasteiger partial charge < -0.3 is 19.0 Å². The number of benzene rings is 1. The molecule has 1 aromatic carbocycles. The Morgan fingerprint density at radius 1 is 1.10 bits per heavy atom. The molecule has 11 heteroatoms. The van der Waals surface area contributed by atoms with Gasteiger partial charge in [0.05, 0.1) is 18.8 Å². The van der Waals surface area contributed by atoms with Crippen LogP contribution in [0.25, 0.3) is 22.4 Å². The average molecular weight is 566 g/mol. The summed E-state index contributed by atoms with van der Waals surface area (Å²) < 4.78 is 8.59. The van der Waals surface area contributed by atoms with Crippen molar-refractivity contribution in [2.24, 2.45) is 11.8 Å². The van der Waals surface area contributed by atoms with Gasteiger partial charge in [0.15, 0.2) is 17.6 Å². The minimum absolute atomic E-state index is 0.204. The number of hydrogen-bond acceptors (Lipinski definition) is 8. The Kier molecular flexibility index (Phi) is 6.80. The number of nitrogens with zero attached hydrogens (tertiary/aromatic N) is 5. The Morgan fingerprint density at radius 3 is 2.73 bits per heavy atom. The number of nitrogens with one attached hydrogen (secondary N) is 2. The molecule has 0 spiro atoms. The number of hydrogen-bond donors (Lipinski definition) is 2. The maximum absolute atomic E-state index is 11.8. The summed E-state index contributed by atoms with van der Waals surface area (Å²) >= 11 is 6.48. The van der Waals surface area contributed by atoms with E-state index in [1.54, 1.807) is 0 Å². The molecule has 2 aromatic heterocycles. The summed E-state index contributed by atoms with van der Waals surface area (Å²) in [5.74, 6) is 2.63. The van der Waals surface area contributed by atoms with Gasteiger partial charge >= 0.3 is 6.09 Å². The van der Waals surface area contributed by atoms with Crippen molar-refractivity contribution in [1.29, 1.82) is 0 Å². The van der Waals surface area contributed by atoms with Crippen LogP contribution in [0.4, 0.5) is 10.7 Å². The van der Waals surface area contributed by atoms with Crippen LogP contribution in [0.3, 0.4) is 0 Å². The lowest BCUT2D eigenvalue weighted by Crippen LogP contribution is -2.50. The van der Waals surface area contributed by atoms with Gasteiger partial charge in [-0.3, -0.25) is 5.32 Å². The first-order valence-electron chi connectivity index (χ1n) is 14.6. The van der Waals surface area contributed by atoms with Gasteiger partial charge in [0, 0.05) is 23.2 Å². The van der Waals surface area contributed by atoms with E-state index in [9.17, 15) is 4.79 Å². The monoisotopic (exact) mass is 565 g/mol. The van der Waals surface area contributed by atoms with Crippen molar-refractivity contribution in [1.82, 2.24) is 30.3 Å². The highest BCUT2D eigenvalue weighted by molar-refractivity contribution is 6.30. The van der Waals surface area contributed by atoms with E-state index in [0.29, 0.717) is 35.1 Å². The summed E-state index contributed by atoms with van der Waals surface area (Å²) in [7, 11) is 0. The van der Waals surface area contributed by atoms with Crippen molar-refractivity contribution < 1.29 is 14.4 Å². The molecule has 0 bridgehead atoms. The van der Waals surface area contributed by atoms with E-state index in [4.69, 9.17) is 36.1 Å². The highest BCUT2D eigenvalue weighted by atomic mass is 35.5. The maximum Gasteiger partial charge on any atom is 0.427 e. The number of ether oxygens (including phenoxy) is 1. The molecule has 4 unspecified atom stereocenters. The van der Waals surface area contributed by atoms with E-state index in [1.807, 2.05) is 24.3 Å². The van der Waals surface area contributed by atoms with Crippen LogP contribution in [-0.2, 0) is 9.57 Å². The molecule has 3 aromatic rings.